The van der Waals surface area contributed by atoms with Crippen molar-refractivity contribution in [3.05, 3.63) is 28.8 Å². The predicted molar refractivity (Wildman–Crippen MR) is 103 cm³/mol. The molecule has 1 amide bonds. The minimum atomic E-state index is -0.170. The Labute approximate surface area is 150 Å². The molecule has 0 saturated carbocycles. The van der Waals surface area contributed by atoms with Crippen LogP contribution in [0.4, 0.5) is 5.69 Å². The maximum Gasteiger partial charge on any atom is 0.257 e. The molecule has 0 aromatic heterocycles. The number of aryl methyl sites for hydroxylation is 3. The van der Waals surface area contributed by atoms with Crippen molar-refractivity contribution in [1.29, 1.82) is 0 Å². The Morgan fingerprint density at radius 1 is 1.12 bits per heavy atom. The SMILES string of the molecule is Cc1cc(C)c(NCC(=O)NNC(=S)NCCC[NH+](C)C)c(C)c1. The lowest BCUT2D eigenvalue weighted by Crippen LogP contribution is -3.05. The lowest BCUT2D eigenvalue weighted by molar-refractivity contribution is -0.858. The Morgan fingerprint density at radius 3 is 2.33 bits per heavy atom. The summed E-state index contributed by atoms with van der Waals surface area (Å²) in [6.45, 7) is 8.17. The van der Waals surface area contributed by atoms with E-state index < -0.39 is 0 Å². The second kappa shape index (κ2) is 10.1. The van der Waals surface area contributed by atoms with Crippen LogP contribution >= 0.6 is 12.2 Å². The highest BCUT2D eigenvalue weighted by Gasteiger charge is 2.06. The number of benzene rings is 1. The number of amides is 1. The number of rotatable bonds is 7. The Bertz CT molecular complexity index is 551. The average Bonchev–Trinajstić information content (AvgIpc) is 2.48. The third kappa shape index (κ3) is 7.61. The van der Waals surface area contributed by atoms with Gasteiger partial charge in [0.05, 0.1) is 27.2 Å². The van der Waals surface area contributed by atoms with Gasteiger partial charge in [-0.3, -0.25) is 15.6 Å². The first-order valence-corrected chi connectivity index (χ1v) is 8.64. The number of carbonyl (C=O) groups excluding carboxylic acids is 1. The molecular formula is C17H30N5OS+. The lowest BCUT2D eigenvalue weighted by atomic mass is 10.1. The molecule has 0 radical (unpaired) electrons. The third-order valence-corrected chi connectivity index (χ3v) is 3.80. The molecule has 0 spiro atoms. The fraction of sp³-hybridized carbons (Fsp3) is 0.529. The van der Waals surface area contributed by atoms with Gasteiger partial charge in [0, 0.05) is 18.7 Å². The Morgan fingerprint density at radius 2 is 1.75 bits per heavy atom. The van der Waals surface area contributed by atoms with Crippen LogP contribution in [0.1, 0.15) is 23.1 Å². The summed E-state index contributed by atoms with van der Waals surface area (Å²) in [5, 5.41) is 6.67. The summed E-state index contributed by atoms with van der Waals surface area (Å²) < 4.78 is 0. The molecule has 0 fully saturated rings. The number of hydrazine groups is 1. The number of thiocarbonyl (C=S) groups is 1. The van der Waals surface area contributed by atoms with Gasteiger partial charge in [0.1, 0.15) is 0 Å². The van der Waals surface area contributed by atoms with E-state index in [4.69, 9.17) is 12.2 Å². The Hall–Kier alpha value is -1.86. The highest BCUT2D eigenvalue weighted by Crippen LogP contribution is 2.21. The standard InChI is InChI=1S/C17H29N5OS/c1-12-9-13(2)16(14(3)10-12)19-11-15(23)20-21-17(24)18-7-6-8-22(4)5/h9-10,19H,6-8,11H2,1-5H3,(H,20,23)(H2,18,21,24)/p+1. The molecule has 24 heavy (non-hydrogen) atoms. The van der Waals surface area contributed by atoms with Gasteiger partial charge in [-0.15, -0.1) is 0 Å². The minimum Gasteiger partial charge on any atom is -0.376 e. The predicted octanol–water partition coefficient (Wildman–Crippen LogP) is 0.0537. The van der Waals surface area contributed by atoms with Crippen LogP contribution in [0.5, 0.6) is 0 Å². The van der Waals surface area contributed by atoms with Crippen molar-refractivity contribution < 1.29 is 9.69 Å². The van der Waals surface area contributed by atoms with Crippen LogP contribution < -0.4 is 26.4 Å². The molecule has 1 aromatic carbocycles. The summed E-state index contributed by atoms with van der Waals surface area (Å²) in [6, 6.07) is 4.19. The van der Waals surface area contributed by atoms with Gasteiger partial charge in [-0.1, -0.05) is 17.7 Å². The van der Waals surface area contributed by atoms with Crippen LogP contribution in [0, 0.1) is 20.8 Å². The minimum absolute atomic E-state index is 0.170. The molecule has 0 aliphatic rings. The number of carbonyl (C=O) groups is 1. The van der Waals surface area contributed by atoms with Crippen LogP contribution in [0.2, 0.25) is 0 Å². The molecule has 1 rings (SSSR count). The summed E-state index contributed by atoms with van der Waals surface area (Å²) in [4.78, 5) is 13.3. The lowest BCUT2D eigenvalue weighted by Gasteiger charge is -2.15. The number of anilines is 1. The topological polar surface area (TPSA) is 69.6 Å². The monoisotopic (exact) mass is 352 g/mol. The number of hydrogen-bond acceptors (Lipinski definition) is 3. The molecule has 0 saturated heterocycles. The molecule has 0 heterocycles. The molecule has 5 N–H and O–H groups in total. The zero-order valence-electron chi connectivity index (χ0n) is 15.3. The van der Waals surface area contributed by atoms with Crippen LogP contribution in [0.25, 0.3) is 0 Å². The zero-order chi connectivity index (χ0) is 18.1. The van der Waals surface area contributed by atoms with Crippen molar-refractivity contribution in [2.24, 2.45) is 0 Å². The van der Waals surface area contributed by atoms with Gasteiger partial charge >= 0.3 is 0 Å². The first-order valence-electron chi connectivity index (χ1n) is 8.23. The second-order valence-corrected chi connectivity index (χ2v) is 6.78. The molecule has 0 aliphatic carbocycles. The highest BCUT2D eigenvalue weighted by atomic mass is 32.1. The fourth-order valence-corrected chi connectivity index (χ4v) is 2.64. The molecule has 134 valence electrons. The van der Waals surface area contributed by atoms with Gasteiger partial charge in [-0.05, 0) is 44.1 Å². The first kappa shape index (κ1) is 20.2. The van der Waals surface area contributed by atoms with E-state index in [1.165, 1.54) is 10.5 Å². The van der Waals surface area contributed by atoms with Crippen LogP contribution in [0.15, 0.2) is 12.1 Å². The maximum absolute atomic E-state index is 11.9. The van der Waals surface area contributed by atoms with Gasteiger partial charge < -0.3 is 15.5 Å². The highest BCUT2D eigenvalue weighted by molar-refractivity contribution is 7.80. The summed E-state index contributed by atoms with van der Waals surface area (Å²) in [7, 11) is 4.22. The van der Waals surface area contributed by atoms with E-state index >= 15 is 0 Å². The molecule has 0 atom stereocenters. The van der Waals surface area contributed by atoms with Gasteiger partial charge in [0.25, 0.3) is 5.91 Å². The van der Waals surface area contributed by atoms with E-state index in [2.05, 4.69) is 54.6 Å². The maximum atomic E-state index is 11.9. The van der Waals surface area contributed by atoms with E-state index in [1.54, 1.807) is 0 Å². The summed E-state index contributed by atoms with van der Waals surface area (Å²) >= 11 is 5.12. The van der Waals surface area contributed by atoms with Gasteiger partial charge in [0.2, 0.25) is 0 Å². The van der Waals surface area contributed by atoms with Gasteiger partial charge in [-0.25, -0.2) is 0 Å². The van der Waals surface area contributed by atoms with Crippen molar-refractivity contribution >= 4 is 28.9 Å². The van der Waals surface area contributed by atoms with Gasteiger partial charge in [-0.2, -0.15) is 0 Å². The number of hydrogen-bond donors (Lipinski definition) is 5. The Balaban J connectivity index is 2.28. The molecular weight excluding hydrogens is 322 g/mol. The van der Waals surface area contributed by atoms with E-state index in [0.717, 1.165) is 36.3 Å². The van der Waals surface area contributed by atoms with E-state index in [9.17, 15) is 4.79 Å². The molecule has 0 unspecified atom stereocenters. The molecule has 0 aliphatic heterocycles. The average molecular weight is 353 g/mol. The zero-order valence-corrected chi connectivity index (χ0v) is 16.1. The van der Waals surface area contributed by atoms with Crippen molar-refractivity contribution in [2.75, 3.05) is 39.0 Å². The number of quaternary nitrogens is 1. The van der Waals surface area contributed by atoms with Crippen molar-refractivity contribution in [3.8, 4) is 0 Å². The largest absolute Gasteiger partial charge is 0.376 e. The molecule has 0 bridgehead atoms. The fourth-order valence-electron chi connectivity index (χ4n) is 2.49. The van der Waals surface area contributed by atoms with E-state index in [-0.39, 0.29) is 12.5 Å². The molecule has 1 aromatic rings. The summed E-state index contributed by atoms with van der Waals surface area (Å²) in [5.74, 6) is -0.170. The van der Waals surface area contributed by atoms with E-state index in [1.807, 2.05) is 13.8 Å². The van der Waals surface area contributed by atoms with Crippen molar-refractivity contribution in [2.45, 2.75) is 27.2 Å². The summed E-state index contributed by atoms with van der Waals surface area (Å²) in [5.41, 5.74) is 9.80. The molecule has 7 heteroatoms. The van der Waals surface area contributed by atoms with Crippen LogP contribution in [0.3, 0.4) is 0 Å². The van der Waals surface area contributed by atoms with Crippen molar-refractivity contribution in [1.82, 2.24) is 16.2 Å². The van der Waals surface area contributed by atoms with Crippen LogP contribution in [-0.4, -0.2) is 44.7 Å². The summed E-state index contributed by atoms with van der Waals surface area (Å²) in [6.07, 6.45) is 1.02. The normalized spacial score (nSPS) is 10.4. The third-order valence-electron chi connectivity index (χ3n) is 3.56. The number of nitrogens with one attached hydrogen (secondary N) is 5. The van der Waals surface area contributed by atoms with Gasteiger partial charge in [0.15, 0.2) is 5.11 Å². The quantitative estimate of drug-likeness (QED) is 0.273. The molecule has 6 nitrogen and oxygen atoms in total. The van der Waals surface area contributed by atoms with Crippen LogP contribution in [-0.2, 0) is 4.79 Å². The van der Waals surface area contributed by atoms with E-state index in [0.29, 0.717) is 5.11 Å². The Kier molecular flexibility index (Phi) is 8.49. The van der Waals surface area contributed by atoms with Crippen molar-refractivity contribution in [3.63, 3.8) is 0 Å². The smallest absolute Gasteiger partial charge is 0.257 e. The second-order valence-electron chi connectivity index (χ2n) is 6.37. The first-order chi connectivity index (χ1) is 11.3.